The fraction of sp³-hybridized carbons (Fsp3) is 0.500. The number of aromatic nitrogens is 2. The SMILES string of the molecule is CCc1nc(N)ncc1C(=O)N1C[C@H](O)CO1. The molecule has 1 aromatic heterocycles. The summed E-state index contributed by atoms with van der Waals surface area (Å²) in [6.45, 7) is 2.16. The Labute approximate surface area is 98.2 Å². The van der Waals surface area contributed by atoms with E-state index in [1.807, 2.05) is 6.92 Å². The zero-order chi connectivity index (χ0) is 12.4. The quantitative estimate of drug-likeness (QED) is 0.711. The highest BCUT2D eigenvalue weighted by Crippen LogP contribution is 2.14. The second-order valence-electron chi connectivity index (χ2n) is 3.76. The van der Waals surface area contributed by atoms with Crippen LogP contribution < -0.4 is 5.73 Å². The summed E-state index contributed by atoms with van der Waals surface area (Å²) in [7, 11) is 0. The first kappa shape index (κ1) is 11.7. The predicted octanol–water partition coefficient (Wildman–Crippen LogP) is -0.631. The molecule has 1 aromatic rings. The molecule has 0 aromatic carbocycles. The normalized spacial score (nSPS) is 19.6. The molecule has 0 unspecified atom stereocenters. The number of aliphatic hydroxyl groups is 1. The first-order chi connectivity index (χ1) is 8.11. The molecule has 3 N–H and O–H groups in total. The van der Waals surface area contributed by atoms with Gasteiger partial charge in [-0.25, -0.2) is 15.0 Å². The van der Waals surface area contributed by atoms with Crippen LogP contribution in [0.2, 0.25) is 0 Å². The average molecular weight is 238 g/mol. The summed E-state index contributed by atoms with van der Waals surface area (Å²) < 4.78 is 0. The van der Waals surface area contributed by atoms with Crippen LogP contribution in [0.25, 0.3) is 0 Å². The van der Waals surface area contributed by atoms with Crippen LogP contribution in [0, 0.1) is 0 Å². The summed E-state index contributed by atoms with van der Waals surface area (Å²) in [5.74, 6) is -0.209. The molecule has 0 radical (unpaired) electrons. The zero-order valence-electron chi connectivity index (χ0n) is 9.46. The van der Waals surface area contributed by atoms with Gasteiger partial charge in [-0.05, 0) is 6.42 Å². The van der Waals surface area contributed by atoms with E-state index in [0.717, 1.165) is 5.06 Å². The Hall–Kier alpha value is -1.73. The minimum absolute atomic E-state index is 0.128. The van der Waals surface area contributed by atoms with E-state index in [4.69, 9.17) is 10.6 Å². The van der Waals surface area contributed by atoms with Crippen LogP contribution in [0.3, 0.4) is 0 Å². The zero-order valence-corrected chi connectivity index (χ0v) is 9.46. The maximum absolute atomic E-state index is 12.1. The molecule has 17 heavy (non-hydrogen) atoms. The highest BCUT2D eigenvalue weighted by Gasteiger charge is 2.28. The molecule has 1 saturated heterocycles. The van der Waals surface area contributed by atoms with Crippen LogP contribution in [-0.2, 0) is 11.3 Å². The Bertz CT molecular complexity index is 438. The summed E-state index contributed by atoms with van der Waals surface area (Å²) in [6, 6.07) is 0. The van der Waals surface area contributed by atoms with Gasteiger partial charge >= 0.3 is 0 Å². The molecule has 0 spiro atoms. The van der Waals surface area contributed by atoms with E-state index in [-0.39, 0.29) is 25.0 Å². The molecule has 0 aliphatic carbocycles. The third-order valence-electron chi connectivity index (χ3n) is 2.48. The number of nitrogens with zero attached hydrogens (tertiary/aromatic N) is 3. The van der Waals surface area contributed by atoms with Crippen molar-refractivity contribution in [3.63, 3.8) is 0 Å². The molecule has 1 amide bonds. The number of carbonyl (C=O) groups is 1. The number of anilines is 1. The smallest absolute Gasteiger partial charge is 0.280 e. The molecule has 7 heteroatoms. The maximum Gasteiger partial charge on any atom is 0.280 e. The lowest BCUT2D eigenvalue weighted by Gasteiger charge is -2.15. The van der Waals surface area contributed by atoms with Crippen LogP contribution >= 0.6 is 0 Å². The first-order valence-electron chi connectivity index (χ1n) is 5.36. The van der Waals surface area contributed by atoms with Gasteiger partial charge in [-0.2, -0.15) is 0 Å². The highest BCUT2D eigenvalue weighted by molar-refractivity contribution is 5.94. The fourth-order valence-corrected chi connectivity index (χ4v) is 1.63. The number of β-amino-alcohol motifs (C(OH)–C–C–N with tert-alkyl or cyclic N) is 1. The number of hydrogen-bond acceptors (Lipinski definition) is 6. The van der Waals surface area contributed by atoms with E-state index in [1.165, 1.54) is 6.20 Å². The summed E-state index contributed by atoms with van der Waals surface area (Å²) in [4.78, 5) is 24.9. The summed E-state index contributed by atoms with van der Waals surface area (Å²) >= 11 is 0. The van der Waals surface area contributed by atoms with E-state index in [0.29, 0.717) is 17.7 Å². The topological polar surface area (TPSA) is 102 Å². The number of hydrogen-bond donors (Lipinski definition) is 2. The molecular weight excluding hydrogens is 224 g/mol. The van der Waals surface area contributed by atoms with Gasteiger partial charge in [0.1, 0.15) is 12.7 Å². The maximum atomic E-state index is 12.1. The minimum atomic E-state index is -0.640. The molecule has 0 saturated carbocycles. The highest BCUT2D eigenvalue weighted by atomic mass is 16.7. The third-order valence-corrected chi connectivity index (χ3v) is 2.48. The van der Waals surface area contributed by atoms with Gasteiger partial charge in [0.15, 0.2) is 0 Å². The van der Waals surface area contributed by atoms with E-state index < -0.39 is 6.10 Å². The van der Waals surface area contributed by atoms with Gasteiger partial charge in [0.05, 0.1) is 17.8 Å². The van der Waals surface area contributed by atoms with Crippen molar-refractivity contribution in [3.8, 4) is 0 Å². The van der Waals surface area contributed by atoms with Gasteiger partial charge < -0.3 is 10.8 Å². The standard InChI is InChI=1S/C10H14N4O3/c1-2-8-7(3-12-10(11)13-8)9(16)14-4-6(15)5-17-14/h3,6,15H,2,4-5H2,1H3,(H2,11,12,13)/t6-/m0/s1. The monoisotopic (exact) mass is 238 g/mol. The predicted molar refractivity (Wildman–Crippen MR) is 58.8 cm³/mol. The molecule has 0 bridgehead atoms. The summed E-state index contributed by atoms with van der Waals surface area (Å²) in [6.07, 6.45) is 1.32. The van der Waals surface area contributed by atoms with Crippen molar-refractivity contribution >= 4 is 11.9 Å². The van der Waals surface area contributed by atoms with Crippen LogP contribution in [-0.4, -0.2) is 45.3 Å². The molecule has 2 rings (SSSR count). The number of amides is 1. The van der Waals surface area contributed by atoms with Crippen molar-refractivity contribution in [1.29, 1.82) is 0 Å². The Morgan fingerprint density at radius 2 is 2.53 bits per heavy atom. The van der Waals surface area contributed by atoms with Crippen molar-refractivity contribution in [2.45, 2.75) is 19.4 Å². The van der Waals surface area contributed by atoms with Crippen LogP contribution in [0.15, 0.2) is 6.20 Å². The summed E-state index contributed by atoms with van der Waals surface area (Å²) in [5.41, 5.74) is 6.39. The van der Waals surface area contributed by atoms with Crippen molar-refractivity contribution in [2.75, 3.05) is 18.9 Å². The molecule has 1 aliphatic heterocycles. The van der Waals surface area contributed by atoms with Crippen LogP contribution in [0.1, 0.15) is 23.0 Å². The Balaban J connectivity index is 2.24. The van der Waals surface area contributed by atoms with Crippen molar-refractivity contribution < 1.29 is 14.7 Å². The van der Waals surface area contributed by atoms with Crippen molar-refractivity contribution in [3.05, 3.63) is 17.5 Å². The number of nitrogen functional groups attached to an aromatic ring is 1. The number of hydroxylamine groups is 2. The van der Waals surface area contributed by atoms with E-state index in [2.05, 4.69) is 9.97 Å². The Morgan fingerprint density at radius 1 is 1.76 bits per heavy atom. The van der Waals surface area contributed by atoms with Crippen molar-refractivity contribution in [1.82, 2.24) is 15.0 Å². The summed E-state index contributed by atoms with van der Waals surface area (Å²) in [5, 5.41) is 10.4. The molecule has 2 heterocycles. The van der Waals surface area contributed by atoms with Gasteiger partial charge in [-0.15, -0.1) is 0 Å². The number of nitrogens with two attached hydrogens (primary N) is 1. The molecule has 1 fully saturated rings. The van der Waals surface area contributed by atoms with E-state index >= 15 is 0 Å². The molecule has 92 valence electrons. The van der Waals surface area contributed by atoms with Crippen LogP contribution in [0.5, 0.6) is 0 Å². The van der Waals surface area contributed by atoms with Gasteiger partial charge in [-0.1, -0.05) is 6.92 Å². The second kappa shape index (κ2) is 4.64. The number of aryl methyl sites for hydroxylation is 1. The van der Waals surface area contributed by atoms with Crippen molar-refractivity contribution in [2.24, 2.45) is 0 Å². The number of rotatable bonds is 2. The number of carbonyl (C=O) groups excluding carboxylic acids is 1. The third kappa shape index (κ3) is 2.34. The van der Waals surface area contributed by atoms with Crippen LogP contribution in [0.4, 0.5) is 5.95 Å². The van der Waals surface area contributed by atoms with E-state index in [9.17, 15) is 9.90 Å². The lowest BCUT2D eigenvalue weighted by Crippen LogP contribution is -2.29. The van der Waals surface area contributed by atoms with Gasteiger partial charge in [-0.3, -0.25) is 9.63 Å². The minimum Gasteiger partial charge on any atom is -0.389 e. The molecule has 7 nitrogen and oxygen atoms in total. The lowest BCUT2D eigenvalue weighted by atomic mass is 10.2. The van der Waals surface area contributed by atoms with E-state index in [1.54, 1.807) is 0 Å². The Kier molecular flexibility index (Phi) is 3.21. The van der Waals surface area contributed by atoms with Gasteiger partial charge in [0, 0.05) is 6.20 Å². The second-order valence-corrected chi connectivity index (χ2v) is 3.76. The van der Waals surface area contributed by atoms with Gasteiger partial charge in [0.25, 0.3) is 5.91 Å². The number of aliphatic hydroxyl groups excluding tert-OH is 1. The Morgan fingerprint density at radius 3 is 3.12 bits per heavy atom. The molecular formula is C10H14N4O3. The fourth-order valence-electron chi connectivity index (χ4n) is 1.63. The average Bonchev–Trinajstić information content (AvgIpc) is 2.75. The lowest BCUT2D eigenvalue weighted by molar-refractivity contribution is -0.0780. The molecule has 1 aliphatic rings. The first-order valence-corrected chi connectivity index (χ1v) is 5.36. The largest absolute Gasteiger partial charge is 0.389 e. The molecule has 1 atom stereocenters. The van der Waals surface area contributed by atoms with Gasteiger partial charge in [0.2, 0.25) is 5.95 Å².